The smallest absolute Gasteiger partial charge is 0.0376 e. The Kier molecular flexibility index (Phi) is 2.07. The summed E-state index contributed by atoms with van der Waals surface area (Å²) in [5, 5.41) is 3.55. The zero-order valence-electron chi connectivity index (χ0n) is 10.5. The molecule has 0 bridgehead atoms. The van der Waals surface area contributed by atoms with E-state index >= 15 is 0 Å². The van der Waals surface area contributed by atoms with Gasteiger partial charge in [0.2, 0.25) is 0 Å². The predicted molar refractivity (Wildman–Crippen MR) is 69.1 cm³/mol. The molecular weight excluding hydrogens is 194 g/mol. The third kappa shape index (κ3) is 1.63. The fourth-order valence-electron chi connectivity index (χ4n) is 2.75. The topological polar surface area (TPSA) is 12.0 Å². The number of hydrogen-bond acceptors (Lipinski definition) is 1. The molecule has 1 fully saturated rings. The number of rotatable bonds is 1. The van der Waals surface area contributed by atoms with Gasteiger partial charge in [-0.1, -0.05) is 32.9 Å². The van der Waals surface area contributed by atoms with Crippen molar-refractivity contribution in [3.63, 3.8) is 0 Å². The summed E-state index contributed by atoms with van der Waals surface area (Å²) in [5.74, 6) is 1.75. The van der Waals surface area contributed by atoms with Crippen molar-refractivity contribution >= 4 is 5.69 Å². The Morgan fingerprint density at radius 2 is 1.94 bits per heavy atom. The summed E-state index contributed by atoms with van der Waals surface area (Å²) >= 11 is 0. The molecule has 1 heteroatoms. The molecule has 1 nitrogen and oxygen atoms in total. The van der Waals surface area contributed by atoms with Crippen LogP contribution >= 0.6 is 0 Å². The Morgan fingerprint density at radius 1 is 1.19 bits per heavy atom. The molecular formula is C15H21N. The molecule has 16 heavy (non-hydrogen) atoms. The molecule has 1 aromatic carbocycles. The van der Waals surface area contributed by atoms with Crippen molar-refractivity contribution in [2.75, 3.05) is 11.9 Å². The maximum Gasteiger partial charge on any atom is 0.0376 e. The summed E-state index contributed by atoms with van der Waals surface area (Å²) in [6.45, 7) is 8.04. The van der Waals surface area contributed by atoms with Crippen LogP contribution in [0.25, 0.3) is 0 Å². The highest BCUT2D eigenvalue weighted by Gasteiger charge is 2.36. The van der Waals surface area contributed by atoms with Crippen LogP contribution in [0.1, 0.15) is 50.7 Å². The standard InChI is InChI=1S/C15H21N/c1-15(2,3)11-6-7-14-12(8-11)13(9-16-14)10-4-5-10/h6-8,10,13,16H,4-5,9H2,1-3H3. The predicted octanol–water partition coefficient (Wildman–Crippen LogP) is 3.90. The summed E-state index contributed by atoms with van der Waals surface area (Å²) in [4.78, 5) is 0. The highest BCUT2D eigenvalue weighted by molar-refractivity contribution is 5.60. The van der Waals surface area contributed by atoms with Crippen LogP contribution < -0.4 is 5.32 Å². The van der Waals surface area contributed by atoms with Gasteiger partial charge in [-0.3, -0.25) is 0 Å². The van der Waals surface area contributed by atoms with E-state index in [0.717, 1.165) is 18.4 Å². The average molecular weight is 215 g/mol. The molecule has 0 spiro atoms. The summed E-state index contributed by atoms with van der Waals surface area (Å²) < 4.78 is 0. The van der Waals surface area contributed by atoms with Gasteiger partial charge < -0.3 is 5.32 Å². The minimum atomic E-state index is 0.270. The zero-order chi connectivity index (χ0) is 11.3. The van der Waals surface area contributed by atoms with E-state index in [1.54, 1.807) is 5.56 Å². The summed E-state index contributed by atoms with van der Waals surface area (Å²) in [6, 6.07) is 7.00. The largest absolute Gasteiger partial charge is 0.384 e. The van der Waals surface area contributed by atoms with E-state index in [2.05, 4.69) is 44.3 Å². The lowest BCUT2D eigenvalue weighted by molar-refractivity contribution is 0.586. The molecule has 1 atom stereocenters. The Balaban J connectivity index is 1.99. The maximum absolute atomic E-state index is 3.55. The lowest BCUT2D eigenvalue weighted by Crippen LogP contribution is -2.11. The first-order valence-electron chi connectivity index (χ1n) is 6.44. The molecule has 0 aromatic heterocycles. The Morgan fingerprint density at radius 3 is 2.56 bits per heavy atom. The number of hydrogen-bond donors (Lipinski definition) is 1. The summed E-state index contributed by atoms with van der Waals surface area (Å²) in [6.07, 6.45) is 2.87. The van der Waals surface area contributed by atoms with Crippen molar-refractivity contribution in [3.8, 4) is 0 Å². The van der Waals surface area contributed by atoms with Crippen molar-refractivity contribution in [1.29, 1.82) is 0 Å². The monoisotopic (exact) mass is 215 g/mol. The van der Waals surface area contributed by atoms with E-state index in [1.807, 2.05) is 0 Å². The number of nitrogens with one attached hydrogen (secondary N) is 1. The lowest BCUT2D eigenvalue weighted by Gasteiger charge is -2.20. The van der Waals surface area contributed by atoms with E-state index in [-0.39, 0.29) is 5.41 Å². The van der Waals surface area contributed by atoms with Crippen LogP contribution in [0.5, 0.6) is 0 Å². The SMILES string of the molecule is CC(C)(C)c1ccc2c(c1)C(C1CC1)CN2. The molecule has 86 valence electrons. The first-order chi connectivity index (χ1) is 7.55. The maximum atomic E-state index is 3.55. The molecule has 0 amide bonds. The first kappa shape index (κ1) is 10.2. The highest BCUT2D eigenvalue weighted by Crippen LogP contribution is 2.48. The fourth-order valence-corrected chi connectivity index (χ4v) is 2.75. The van der Waals surface area contributed by atoms with Crippen molar-refractivity contribution in [1.82, 2.24) is 0 Å². The van der Waals surface area contributed by atoms with Crippen LogP contribution in [0.15, 0.2) is 18.2 Å². The molecule has 1 aromatic rings. The van der Waals surface area contributed by atoms with E-state index in [0.29, 0.717) is 0 Å². The van der Waals surface area contributed by atoms with E-state index < -0.39 is 0 Å². The van der Waals surface area contributed by atoms with Gasteiger partial charge in [0.15, 0.2) is 0 Å². The minimum Gasteiger partial charge on any atom is -0.384 e. The molecule has 0 saturated heterocycles. The van der Waals surface area contributed by atoms with E-state index in [1.165, 1.54) is 24.1 Å². The Bertz CT molecular complexity index is 410. The molecule has 1 saturated carbocycles. The van der Waals surface area contributed by atoms with Gasteiger partial charge in [-0.25, -0.2) is 0 Å². The zero-order valence-corrected chi connectivity index (χ0v) is 10.5. The second-order valence-electron chi connectivity index (χ2n) is 6.38. The third-order valence-electron chi connectivity index (χ3n) is 4.02. The normalized spacial score (nSPS) is 24.1. The van der Waals surface area contributed by atoms with Gasteiger partial charge in [0.25, 0.3) is 0 Å². The van der Waals surface area contributed by atoms with Crippen LogP contribution in [-0.4, -0.2) is 6.54 Å². The molecule has 1 aliphatic carbocycles. The second kappa shape index (κ2) is 3.26. The molecule has 1 unspecified atom stereocenters. The number of fused-ring (bicyclic) bond motifs is 1. The molecule has 1 aliphatic heterocycles. The van der Waals surface area contributed by atoms with Gasteiger partial charge in [0.05, 0.1) is 0 Å². The van der Waals surface area contributed by atoms with Crippen LogP contribution in [-0.2, 0) is 5.41 Å². The van der Waals surface area contributed by atoms with E-state index in [9.17, 15) is 0 Å². The first-order valence-corrected chi connectivity index (χ1v) is 6.44. The van der Waals surface area contributed by atoms with Crippen molar-refractivity contribution in [2.24, 2.45) is 5.92 Å². The lowest BCUT2D eigenvalue weighted by atomic mass is 9.84. The van der Waals surface area contributed by atoms with Crippen molar-refractivity contribution < 1.29 is 0 Å². The molecule has 3 rings (SSSR count). The molecule has 0 radical (unpaired) electrons. The minimum absolute atomic E-state index is 0.270. The van der Waals surface area contributed by atoms with Gasteiger partial charge >= 0.3 is 0 Å². The van der Waals surface area contributed by atoms with Gasteiger partial charge in [0, 0.05) is 18.2 Å². The van der Waals surface area contributed by atoms with Gasteiger partial charge in [0.1, 0.15) is 0 Å². The number of benzene rings is 1. The van der Waals surface area contributed by atoms with Crippen LogP contribution in [0.2, 0.25) is 0 Å². The van der Waals surface area contributed by atoms with Crippen LogP contribution in [0, 0.1) is 5.92 Å². The number of anilines is 1. The molecule has 1 N–H and O–H groups in total. The van der Waals surface area contributed by atoms with Gasteiger partial charge in [-0.05, 0) is 41.4 Å². The molecule has 1 heterocycles. The third-order valence-corrected chi connectivity index (χ3v) is 4.02. The van der Waals surface area contributed by atoms with Crippen LogP contribution in [0.3, 0.4) is 0 Å². The Hall–Kier alpha value is -0.980. The second-order valence-corrected chi connectivity index (χ2v) is 6.38. The summed E-state index contributed by atoms with van der Waals surface area (Å²) in [5.41, 5.74) is 4.70. The van der Waals surface area contributed by atoms with Gasteiger partial charge in [-0.2, -0.15) is 0 Å². The van der Waals surface area contributed by atoms with Crippen LogP contribution in [0.4, 0.5) is 5.69 Å². The fraction of sp³-hybridized carbons (Fsp3) is 0.600. The quantitative estimate of drug-likeness (QED) is 0.749. The summed E-state index contributed by atoms with van der Waals surface area (Å²) in [7, 11) is 0. The highest BCUT2D eigenvalue weighted by atomic mass is 14.9. The van der Waals surface area contributed by atoms with E-state index in [4.69, 9.17) is 0 Å². The average Bonchev–Trinajstić information content (AvgIpc) is 2.96. The molecule has 2 aliphatic rings. The van der Waals surface area contributed by atoms with Gasteiger partial charge in [-0.15, -0.1) is 0 Å². The van der Waals surface area contributed by atoms with Crippen molar-refractivity contribution in [2.45, 2.75) is 44.9 Å². The van der Waals surface area contributed by atoms with Crippen molar-refractivity contribution in [3.05, 3.63) is 29.3 Å². The Labute approximate surface area is 98.3 Å².